The summed E-state index contributed by atoms with van der Waals surface area (Å²) in [6, 6.07) is 12.8. The lowest BCUT2D eigenvalue weighted by Gasteiger charge is -2.36. The maximum atomic E-state index is 12.8. The van der Waals surface area contributed by atoms with Crippen molar-refractivity contribution in [1.82, 2.24) is 14.9 Å². The first-order valence-corrected chi connectivity index (χ1v) is 9.92. The van der Waals surface area contributed by atoms with Crippen molar-refractivity contribution >= 4 is 40.2 Å². The van der Waals surface area contributed by atoms with Crippen LogP contribution in [0.4, 0.5) is 16.3 Å². The number of fused-ring (bicyclic) bond motifs is 1. The zero-order valence-corrected chi connectivity index (χ0v) is 17.5. The Bertz CT molecular complexity index is 1070. The second-order valence-corrected chi connectivity index (χ2v) is 7.23. The number of nitrogens with zero attached hydrogens (tertiary/aromatic N) is 4. The summed E-state index contributed by atoms with van der Waals surface area (Å²) in [4.78, 5) is 25.7. The Morgan fingerprint density at radius 3 is 2.50 bits per heavy atom. The van der Waals surface area contributed by atoms with Gasteiger partial charge in [-0.25, -0.2) is 14.8 Å². The number of carbonyl (C=O) groups is 1. The molecular weight excluding hydrogens is 406 g/mol. The van der Waals surface area contributed by atoms with E-state index >= 15 is 0 Å². The third-order valence-electron chi connectivity index (χ3n) is 5.01. The number of aromatic nitrogens is 2. The molecule has 1 aromatic heterocycles. The van der Waals surface area contributed by atoms with E-state index in [1.807, 2.05) is 24.3 Å². The summed E-state index contributed by atoms with van der Waals surface area (Å²) in [5, 5.41) is 3.39. The van der Waals surface area contributed by atoms with E-state index in [4.69, 9.17) is 21.1 Å². The summed E-state index contributed by atoms with van der Waals surface area (Å²) >= 11 is 6.02. The van der Waals surface area contributed by atoms with Gasteiger partial charge in [-0.2, -0.15) is 0 Å². The Labute approximate surface area is 179 Å². The lowest BCUT2D eigenvalue weighted by molar-refractivity contribution is 0.208. The van der Waals surface area contributed by atoms with Crippen molar-refractivity contribution in [2.45, 2.75) is 0 Å². The molecule has 2 amide bonds. The van der Waals surface area contributed by atoms with Crippen LogP contribution in [-0.2, 0) is 0 Å². The van der Waals surface area contributed by atoms with Gasteiger partial charge < -0.3 is 19.3 Å². The van der Waals surface area contributed by atoms with Gasteiger partial charge in [0, 0.05) is 31.2 Å². The zero-order valence-electron chi connectivity index (χ0n) is 16.8. The highest BCUT2D eigenvalue weighted by atomic mass is 35.5. The van der Waals surface area contributed by atoms with Gasteiger partial charge in [0.1, 0.15) is 5.75 Å². The fourth-order valence-electron chi connectivity index (χ4n) is 3.46. The second-order valence-electron chi connectivity index (χ2n) is 6.79. The number of rotatable bonds is 4. The van der Waals surface area contributed by atoms with Gasteiger partial charge in [0.15, 0.2) is 5.82 Å². The summed E-state index contributed by atoms with van der Waals surface area (Å²) in [5.74, 6) is 1.35. The Kier molecular flexibility index (Phi) is 5.76. The fraction of sp³-hybridized carbons (Fsp3) is 0.286. The number of amides is 2. The molecule has 4 rings (SSSR count). The van der Waals surface area contributed by atoms with Gasteiger partial charge in [-0.15, -0.1) is 0 Å². The third-order valence-corrected chi connectivity index (χ3v) is 5.24. The number of hydrogen-bond acceptors (Lipinski definition) is 6. The summed E-state index contributed by atoms with van der Waals surface area (Å²) in [6.45, 7) is 2.55. The molecule has 0 spiro atoms. The number of ether oxygens (including phenoxy) is 2. The monoisotopic (exact) mass is 427 g/mol. The van der Waals surface area contributed by atoms with Crippen LogP contribution < -0.4 is 19.7 Å². The number of hydrogen-bond donors (Lipinski definition) is 1. The fourth-order valence-corrected chi connectivity index (χ4v) is 3.62. The van der Waals surface area contributed by atoms with Gasteiger partial charge in [0.25, 0.3) is 5.88 Å². The lowest BCUT2D eigenvalue weighted by atomic mass is 10.2. The van der Waals surface area contributed by atoms with Crippen LogP contribution >= 0.6 is 11.6 Å². The number of carbonyl (C=O) groups excluding carboxylic acids is 1. The molecule has 9 heteroatoms. The predicted molar refractivity (Wildman–Crippen MR) is 117 cm³/mol. The van der Waals surface area contributed by atoms with Gasteiger partial charge in [-0.05, 0) is 30.3 Å². The Balaban J connectivity index is 1.45. The molecule has 3 aromatic rings. The number of nitrogens with one attached hydrogen (secondary N) is 1. The first kappa shape index (κ1) is 20.0. The molecule has 2 aromatic carbocycles. The van der Waals surface area contributed by atoms with Crippen molar-refractivity contribution in [1.29, 1.82) is 0 Å². The number of anilines is 2. The minimum Gasteiger partial charge on any atom is -0.495 e. The Morgan fingerprint density at radius 2 is 1.77 bits per heavy atom. The highest BCUT2D eigenvalue weighted by Gasteiger charge is 2.24. The van der Waals surface area contributed by atoms with Gasteiger partial charge in [-0.3, -0.25) is 5.32 Å². The van der Waals surface area contributed by atoms with Crippen LogP contribution in [0, 0.1) is 0 Å². The largest absolute Gasteiger partial charge is 0.495 e. The number of halogens is 1. The second kappa shape index (κ2) is 8.62. The number of benzene rings is 2. The van der Waals surface area contributed by atoms with Crippen LogP contribution in [0.3, 0.4) is 0 Å². The topological polar surface area (TPSA) is 79.8 Å². The number of urea groups is 1. The first-order chi connectivity index (χ1) is 14.6. The van der Waals surface area contributed by atoms with Crippen molar-refractivity contribution in [3.05, 3.63) is 47.5 Å². The standard InChI is InChI=1S/C21H22ClN5O3/c1-29-18-6-4-3-5-17(18)26-9-11-27(12-10-26)21(28)25-19-20(30-2)24-16-13-14(22)7-8-15(16)23-19/h3-8,13H,9-12H2,1-2H3,(H,23,25,28). The molecular formula is C21H22ClN5O3. The molecule has 1 aliphatic heterocycles. The minimum atomic E-state index is -0.240. The molecule has 1 saturated heterocycles. The van der Waals surface area contributed by atoms with Crippen molar-refractivity contribution in [3.8, 4) is 11.6 Å². The highest BCUT2D eigenvalue weighted by Crippen LogP contribution is 2.29. The summed E-state index contributed by atoms with van der Waals surface area (Å²) in [6.07, 6.45) is 0. The van der Waals surface area contributed by atoms with Crippen LogP contribution in [0.1, 0.15) is 0 Å². The zero-order chi connectivity index (χ0) is 21.1. The van der Waals surface area contributed by atoms with Crippen molar-refractivity contribution in [2.24, 2.45) is 0 Å². The molecule has 156 valence electrons. The van der Waals surface area contributed by atoms with Crippen LogP contribution in [0.25, 0.3) is 11.0 Å². The molecule has 0 aliphatic carbocycles. The normalized spacial score (nSPS) is 14.0. The molecule has 0 atom stereocenters. The maximum Gasteiger partial charge on any atom is 0.323 e. The van der Waals surface area contributed by atoms with E-state index in [1.165, 1.54) is 7.11 Å². The molecule has 0 unspecified atom stereocenters. The number of para-hydroxylation sites is 2. The highest BCUT2D eigenvalue weighted by molar-refractivity contribution is 6.31. The predicted octanol–water partition coefficient (Wildman–Crippen LogP) is 3.65. The van der Waals surface area contributed by atoms with Crippen LogP contribution in [0.5, 0.6) is 11.6 Å². The Hall–Kier alpha value is -3.26. The summed E-state index contributed by atoms with van der Waals surface area (Å²) in [5.41, 5.74) is 2.25. The van der Waals surface area contributed by atoms with E-state index in [0.29, 0.717) is 42.2 Å². The van der Waals surface area contributed by atoms with E-state index in [0.717, 1.165) is 11.4 Å². The summed E-state index contributed by atoms with van der Waals surface area (Å²) < 4.78 is 10.8. The maximum absolute atomic E-state index is 12.8. The quantitative estimate of drug-likeness (QED) is 0.684. The SMILES string of the molecule is COc1ccccc1N1CCN(C(=O)Nc2nc3ccc(Cl)cc3nc2OC)CC1. The number of methoxy groups -OCH3 is 2. The smallest absolute Gasteiger partial charge is 0.323 e. The van der Waals surface area contributed by atoms with E-state index in [2.05, 4.69) is 20.2 Å². The van der Waals surface area contributed by atoms with Crippen LogP contribution in [0.2, 0.25) is 5.02 Å². The average Bonchev–Trinajstić information content (AvgIpc) is 2.78. The van der Waals surface area contributed by atoms with Crippen molar-refractivity contribution < 1.29 is 14.3 Å². The molecule has 30 heavy (non-hydrogen) atoms. The molecule has 1 aliphatic rings. The molecule has 8 nitrogen and oxygen atoms in total. The molecule has 0 saturated carbocycles. The molecule has 1 fully saturated rings. The van der Waals surface area contributed by atoms with E-state index < -0.39 is 0 Å². The first-order valence-electron chi connectivity index (χ1n) is 9.54. The molecule has 1 N–H and O–H groups in total. The molecule has 0 bridgehead atoms. The van der Waals surface area contributed by atoms with E-state index in [1.54, 1.807) is 30.2 Å². The average molecular weight is 428 g/mol. The van der Waals surface area contributed by atoms with Gasteiger partial charge in [0.2, 0.25) is 0 Å². The van der Waals surface area contributed by atoms with E-state index in [-0.39, 0.29) is 17.7 Å². The van der Waals surface area contributed by atoms with E-state index in [9.17, 15) is 4.79 Å². The minimum absolute atomic E-state index is 0.240. The molecule has 0 radical (unpaired) electrons. The molecule has 2 heterocycles. The lowest BCUT2D eigenvalue weighted by Crippen LogP contribution is -2.50. The third kappa shape index (κ3) is 4.04. The van der Waals surface area contributed by atoms with Gasteiger partial charge >= 0.3 is 6.03 Å². The van der Waals surface area contributed by atoms with Gasteiger partial charge in [-0.1, -0.05) is 23.7 Å². The van der Waals surface area contributed by atoms with Gasteiger partial charge in [0.05, 0.1) is 30.9 Å². The van der Waals surface area contributed by atoms with Crippen molar-refractivity contribution in [3.63, 3.8) is 0 Å². The number of piperazine rings is 1. The van der Waals surface area contributed by atoms with Crippen LogP contribution in [0.15, 0.2) is 42.5 Å². The summed E-state index contributed by atoms with van der Waals surface area (Å²) in [7, 11) is 3.15. The van der Waals surface area contributed by atoms with Crippen molar-refractivity contribution in [2.75, 3.05) is 50.6 Å². The van der Waals surface area contributed by atoms with Crippen LogP contribution in [-0.4, -0.2) is 61.3 Å². The Morgan fingerprint density at radius 1 is 1.00 bits per heavy atom.